The molecule has 0 fully saturated rings. The summed E-state index contributed by atoms with van der Waals surface area (Å²) in [7, 11) is 0. The van der Waals surface area contributed by atoms with Crippen molar-refractivity contribution in [3.8, 4) is 39.8 Å². The smallest absolute Gasteiger partial charge is 0.194 e. The third-order valence-corrected chi connectivity index (χ3v) is 7.94. The second kappa shape index (κ2) is 11.6. The Morgan fingerprint density at radius 2 is 1.43 bits per heavy atom. The van der Waals surface area contributed by atoms with Crippen molar-refractivity contribution in [2.24, 2.45) is 0 Å². The largest absolute Gasteiger partial charge is 0.507 e. The molecule has 212 valence electrons. The average molecular weight is 558 g/mol. The standard InChI is InChI=1S/C36H35N3O3/c1-4-6-19-39(20-7-5-2)24-15-16-28(30(40)22-24)35-33-31(42-25-12-10-11-23(3)21-25)18-17-29-32(33)34(37-38-35)26-13-8-9-14-27(26)36(29)41/h8-18,21-22,40H,4-7,19-20H2,1-3H3. The first kappa shape index (κ1) is 27.5. The summed E-state index contributed by atoms with van der Waals surface area (Å²) < 4.78 is 6.46. The fraction of sp³-hybridized carbons (Fsp3) is 0.250. The van der Waals surface area contributed by atoms with Gasteiger partial charge in [-0.2, -0.15) is 0 Å². The minimum atomic E-state index is -0.0637. The summed E-state index contributed by atoms with van der Waals surface area (Å²) in [5, 5.41) is 22.1. The highest BCUT2D eigenvalue weighted by Crippen LogP contribution is 2.46. The molecule has 0 aliphatic heterocycles. The maximum absolute atomic E-state index is 13.7. The SMILES string of the molecule is CCCCN(CCCC)c1ccc(-c2nnc3c4c(ccc(Oc5cccc(C)c5)c24)C(=O)c2ccccc2-3)c(O)c1. The predicted octanol–water partition coefficient (Wildman–Crippen LogP) is 8.72. The van der Waals surface area contributed by atoms with Gasteiger partial charge >= 0.3 is 0 Å². The number of ether oxygens (including phenoxy) is 1. The van der Waals surface area contributed by atoms with E-state index in [2.05, 4.69) is 28.9 Å². The lowest BCUT2D eigenvalue weighted by Crippen LogP contribution is -2.25. The molecule has 6 rings (SSSR count). The molecule has 0 bridgehead atoms. The van der Waals surface area contributed by atoms with Gasteiger partial charge in [0.05, 0.1) is 5.39 Å². The third-order valence-electron chi connectivity index (χ3n) is 7.94. The van der Waals surface area contributed by atoms with Gasteiger partial charge in [0.25, 0.3) is 0 Å². The molecule has 0 atom stereocenters. The van der Waals surface area contributed by atoms with Crippen LogP contribution < -0.4 is 9.64 Å². The predicted molar refractivity (Wildman–Crippen MR) is 169 cm³/mol. The summed E-state index contributed by atoms with van der Waals surface area (Å²) in [5.74, 6) is 1.28. The topological polar surface area (TPSA) is 75.5 Å². The number of hydrogen-bond acceptors (Lipinski definition) is 6. The molecule has 0 spiro atoms. The van der Waals surface area contributed by atoms with E-state index in [-0.39, 0.29) is 11.5 Å². The molecule has 6 heteroatoms. The maximum Gasteiger partial charge on any atom is 0.194 e. The number of anilines is 1. The van der Waals surface area contributed by atoms with Gasteiger partial charge in [0.1, 0.15) is 28.6 Å². The van der Waals surface area contributed by atoms with Crippen molar-refractivity contribution < 1.29 is 14.6 Å². The van der Waals surface area contributed by atoms with Gasteiger partial charge in [-0.25, -0.2) is 0 Å². The Balaban J connectivity index is 1.55. The number of fused-ring (bicyclic) bond motifs is 2. The maximum atomic E-state index is 13.7. The molecular weight excluding hydrogens is 522 g/mol. The molecule has 5 aromatic rings. The molecular formula is C36H35N3O3. The lowest BCUT2D eigenvalue weighted by Gasteiger charge is -2.25. The van der Waals surface area contributed by atoms with Gasteiger partial charge in [-0.1, -0.05) is 63.1 Å². The molecule has 0 saturated carbocycles. The van der Waals surface area contributed by atoms with Crippen LogP contribution in [0.25, 0.3) is 33.3 Å². The molecule has 1 aliphatic carbocycles. The van der Waals surface area contributed by atoms with Gasteiger partial charge in [-0.3, -0.25) is 4.79 Å². The number of aromatic nitrogens is 2. The lowest BCUT2D eigenvalue weighted by molar-refractivity contribution is 0.104. The molecule has 1 aliphatic rings. The van der Waals surface area contributed by atoms with E-state index in [9.17, 15) is 9.90 Å². The van der Waals surface area contributed by atoms with Crippen molar-refractivity contribution in [1.29, 1.82) is 0 Å². The zero-order valence-electron chi connectivity index (χ0n) is 24.4. The average Bonchev–Trinajstić information content (AvgIpc) is 3.00. The molecule has 0 radical (unpaired) electrons. The van der Waals surface area contributed by atoms with Crippen molar-refractivity contribution >= 4 is 22.2 Å². The van der Waals surface area contributed by atoms with E-state index in [1.807, 2.05) is 85.8 Å². The summed E-state index contributed by atoms with van der Waals surface area (Å²) >= 11 is 0. The van der Waals surface area contributed by atoms with E-state index in [4.69, 9.17) is 4.74 Å². The Morgan fingerprint density at radius 3 is 2.12 bits per heavy atom. The third kappa shape index (κ3) is 4.98. The van der Waals surface area contributed by atoms with Crippen molar-refractivity contribution in [3.05, 3.63) is 95.6 Å². The molecule has 4 aromatic carbocycles. The zero-order valence-corrected chi connectivity index (χ0v) is 24.4. The number of carbonyl (C=O) groups is 1. The number of unbranched alkanes of at least 4 members (excludes halogenated alkanes) is 2. The summed E-state index contributed by atoms with van der Waals surface area (Å²) in [6, 6.07) is 24.7. The number of phenols is 1. The number of ketones is 1. The highest BCUT2D eigenvalue weighted by atomic mass is 16.5. The second-order valence-electron chi connectivity index (χ2n) is 10.9. The number of hydrogen-bond donors (Lipinski definition) is 1. The highest BCUT2D eigenvalue weighted by Gasteiger charge is 2.30. The lowest BCUT2D eigenvalue weighted by atomic mass is 9.85. The van der Waals surface area contributed by atoms with Crippen LogP contribution in [0.5, 0.6) is 17.2 Å². The zero-order chi connectivity index (χ0) is 29.2. The molecule has 0 amide bonds. The van der Waals surface area contributed by atoms with Crippen molar-refractivity contribution in [1.82, 2.24) is 10.2 Å². The van der Waals surface area contributed by atoms with Crippen molar-refractivity contribution in [2.45, 2.75) is 46.5 Å². The normalized spacial score (nSPS) is 11.9. The number of rotatable bonds is 10. The van der Waals surface area contributed by atoms with Crippen LogP contribution in [0.3, 0.4) is 0 Å². The molecule has 42 heavy (non-hydrogen) atoms. The summed E-state index contributed by atoms with van der Waals surface area (Å²) in [6.07, 6.45) is 4.38. The first-order valence-corrected chi connectivity index (χ1v) is 14.8. The number of carbonyl (C=O) groups excluding carboxylic acids is 1. The van der Waals surface area contributed by atoms with Crippen LogP contribution >= 0.6 is 0 Å². The summed E-state index contributed by atoms with van der Waals surface area (Å²) in [4.78, 5) is 16.0. The Morgan fingerprint density at radius 1 is 0.738 bits per heavy atom. The Labute approximate surface area is 246 Å². The number of aryl methyl sites for hydroxylation is 1. The van der Waals surface area contributed by atoms with E-state index in [1.165, 1.54) is 0 Å². The quantitative estimate of drug-likeness (QED) is 0.182. The number of benzene rings is 4. The van der Waals surface area contributed by atoms with Gasteiger partial charge < -0.3 is 14.7 Å². The molecule has 1 N–H and O–H groups in total. The molecule has 1 aromatic heterocycles. The van der Waals surface area contributed by atoms with Crippen LogP contribution in [0.15, 0.2) is 78.9 Å². The minimum absolute atomic E-state index is 0.0637. The first-order valence-electron chi connectivity index (χ1n) is 14.8. The summed E-state index contributed by atoms with van der Waals surface area (Å²) in [6.45, 7) is 8.27. The minimum Gasteiger partial charge on any atom is -0.507 e. The van der Waals surface area contributed by atoms with Crippen LogP contribution in [0.1, 0.15) is 61.0 Å². The van der Waals surface area contributed by atoms with E-state index < -0.39 is 0 Å². The van der Waals surface area contributed by atoms with Crippen LogP contribution in [-0.4, -0.2) is 34.2 Å². The molecule has 1 heterocycles. The van der Waals surface area contributed by atoms with E-state index >= 15 is 0 Å². The second-order valence-corrected chi connectivity index (χ2v) is 10.9. The van der Waals surface area contributed by atoms with Crippen LogP contribution in [0, 0.1) is 6.92 Å². The highest BCUT2D eigenvalue weighted by molar-refractivity contribution is 6.27. The number of nitrogens with zero attached hydrogens (tertiary/aromatic N) is 3. The number of aromatic hydroxyl groups is 1. The van der Waals surface area contributed by atoms with Gasteiger partial charge in [0.15, 0.2) is 5.78 Å². The fourth-order valence-corrected chi connectivity index (χ4v) is 5.74. The van der Waals surface area contributed by atoms with Gasteiger partial charge in [-0.15, -0.1) is 10.2 Å². The fourth-order valence-electron chi connectivity index (χ4n) is 5.74. The van der Waals surface area contributed by atoms with Gasteiger partial charge in [0, 0.05) is 52.5 Å². The Kier molecular flexibility index (Phi) is 7.62. The van der Waals surface area contributed by atoms with Gasteiger partial charge in [-0.05, 0) is 61.7 Å². The van der Waals surface area contributed by atoms with Gasteiger partial charge in [0.2, 0.25) is 0 Å². The first-order chi connectivity index (χ1) is 20.5. The van der Waals surface area contributed by atoms with Crippen LogP contribution in [0.2, 0.25) is 0 Å². The summed E-state index contributed by atoms with van der Waals surface area (Å²) in [5.41, 5.74) is 5.60. The van der Waals surface area contributed by atoms with E-state index in [0.29, 0.717) is 50.3 Å². The van der Waals surface area contributed by atoms with Crippen molar-refractivity contribution in [2.75, 3.05) is 18.0 Å². The van der Waals surface area contributed by atoms with Crippen LogP contribution in [-0.2, 0) is 0 Å². The van der Waals surface area contributed by atoms with Crippen molar-refractivity contribution in [3.63, 3.8) is 0 Å². The monoisotopic (exact) mass is 557 g/mol. The van der Waals surface area contributed by atoms with E-state index in [1.54, 1.807) is 0 Å². The molecule has 0 saturated heterocycles. The van der Waals surface area contributed by atoms with Crippen LogP contribution in [0.4, 0.5) is 5.69 Å². The molecule has 0 unspecified atom stereocenters. The Hall–Kier alpha value is -4.71. The number of phenolic OH excluding ortho intramolecular Hbond substituents is 1. The van der Waals surface area contributed by atoms with E-state index in [0.717, 1.165) is 55.6 Å². The molecule has 6 nitrogen and oxygen atoms in total. The Bertz CT molecular complexity index is 1790.